The number of H-pyrrole nitrogens is 1. The Morgan fingerprint density at radius 2 is 2.06 bits per heavy atom. The Labute approximate surface area is 198 Å². The van der Waals surface area contributed by atoms with Gasteiger partial charge in [0.1, 0.15) is 29.3 Å². The summed E-state index contributed by atoms with van der Waals surface area (Å²) in [6.07, 6.45) is 2.99. The van der Waals surface area contributed by atoms with E-state index in [9.17, 15) is 4.79 Å². The Morgan fingerprint density at radius 1 is 1.24 bits per heavy atom. The van der Waals surface area contributed by atoms with Crippen LogP contribution in [0.25, 0.3) is 28.0 Å². The first-order valence-electron chi connectivity index (χ1n) is 10.4. The van der Waals surface area contributed by atoms with E-state index in [4.69, 9.17) is 21.8 Å². The number of fused-ring (bicyclic) bond motifs is 1. The molecule has 12 heteroatoms. The van der Waals surface area contributed by atoms with Crippen molar-refractivity contribution < 1.29 is 4.42 Å². The lowest BCUT2D eigenvalue weighted by molar-refractivity contribution is 0.532. The fraction of sp³-hybridized carbons (Fsp3) is 0.182. The highest BCUT2D eigenvalue weighted by Crippen LogP contribution is 2.33. The average Bonchev–Trinajstić information content (AvgIpc) is 3.41. The molecule has 11 nitrogen and oxygen atoms in total. The van der Waals surface area contributed by atoms with Crippen molar-refractivity contribution in [2.45, 2.75) is 26.8 Å². The van der Waals surface area contributed by atoms with E-state index in [2.05, 4.69) is 35.7 Å². The predicted octanol–water partition coefficient (Wildman–Crippen LogP) is 3.58. The first-order valence-corrected chi connectivity index (χ1v) is 10.7. The topological polar surface area (TPSA) is 153 Å². The van der Waals surface area contributed by atoms with Crippen molar-refractivity contribution >= 4 is 34.0 Å². The van der Waals surface area contributed by atoms with E-state index in [1.54, 1.807) is 29.8 Å². The van der Waals surface area contributed by atoms with Crippen molar-refractivity contribution in [1.29, 1.82) is 0 Å². The zero-order valence-electron chi connectivity index (χ0n) is 18.5. The van der Waals surface area contributed by atoms with E-state index in [-0.39, 0.29) is 17.3 Å². The second-order valence-corrected chi connectivity index (χ2v) is 8.20. The van der Waals surface area contributed by atoms with Gasteiger partial charge < -0.3 is 15.5 Å². The molecule has 0 bridgehead atoms. The number of hydrogen-bond acceptors (Lipinski definition) is 9. The smallest absolute Gasteiger partial charge is 0.265 e. The monoisotopic (exact) mass is 477 g/mol. The molecule has 0 radical (unpaired) electrons. The second kappa shape index (κ2) is 8.27. The third-order valence-electron chi connectivity index (χ3n) is 5.46. The summed E-state index contributed by atoms with van der Waals surface area (Å²) < 4.78 is 7.13. The third kappa shape index (κ3) is 3.55. The Balaban J connectivity index is 1.68. The number of nitrogens with zero attached hydrogens (tertiary/aromatic N) is 6. The largest absolute Gasteiger partial charge is 0.421 e. The lowest BCUT2D eigenvalue weighted by atomic mass is 10.1. The molecule has 4 heterocycles. The summed E-state index contributed by atoms with van der Waals surface area (Å²) in [5, 5.41) is 19.8. The van der Waals surface area contributed by atoms with Crippen LogP contribution in [0.4, 0.5) is 11.6 Å². The van der Waals surface area contributed by atoms with Crippen LogP contribution in [-0.4, -0.2) is 34.9 Å². The Hall–Kier alpha value is -4.25. The van der Waals surface area contributed by atoms with Gasteiger partial charge in [-0.2, -0.15) is 5.10 Å². The predicted molar refractivity (Wildman–Crippen MR) is 128 cm³/mol. The minimum absolute atomic E-state index is 0.181. The number of pyridine rings is 1. The molecule has 5 aromatic rings. The van der Waals surface area contributed by atoms with Crippen LogP contribution in [0.1, 0.15) is 30.1 Å². The molecule has 172 valence electrons. The lowest BCUT2D eigenvalue weighted by Crippen LogP contribution is -2.26. The van der Waals surface area contributed by atoms with Gasteiger partial charge in [0.25, 0.3) is 11.4 Å². The number of rotatable bonds is 5. The molecular formula is C22H20ClN9O2. The quantitative estimate of drug-likeness (QED) is 0.344. The number of halogens is 1. The number of anilines is 2. The minimum Gasteiger partial charge on any atom is -0.421 e. The number of nitrogens with one attached hydrogen (secondary N) is 2. The van der Waals surface area contributed by atoms with E-state index in [0.717, 1.165) is 5.56 Å². The van der Waals surface area contributed by atoms with Crippen molar-refractivity contribution in [2.24, 2.45) is 0 Å². The highest BCUT2D eigenvalue weighted by Gasteiger charge is 2.23. The van der Waals surface area contributed by atoms with Gasteiger partial charge in [-0.3, -0.25) is 14.5 Å². The second-order valence-electron chi connectivity index (χ2n) is 7.79. The van der Waals surface area contributed by atoms with E-state index < -0.39 is 6.04 Å². The normalized spacial score (nSPS) is 12.2. The number of nitrogens with two attached hydrogens (primary N) is 1. The molecule has 1 unspecified atom stereocenters. The molecule has 34 heavy (non-hydrogen) atoms. The maximum atomic E-state index is 13.6. The van der Waals surface area contributed by atoms with Crippen LogP contribution in [0.15, 0.2) is 46.0 Å². The summed E-state index contributed by atoms with van der Waals surface area (Å²) in [5.41, 5.74) is 7.68. The third-order valence-corrected chi connectivity index (χ3v) is 5.78. The molecule has 1 aromatic carbocycles. The van der Waals surface area contributed by atoms with Crippen molar-refractivity contribution in [3.63, 3.8) is 0 Å². The molecule has 0 saturated carbocycles. The SMILES string of the molecule is Cc1nnc(-c2c(N)ncnc2NC(C)c2cc3cccc(Cl)c3c(=O)n2-c2[nH]ncc2C)o1. The van der Waals surface area contributed by atoms with Crippen LogP contribution in [-0.2, 0) is 0 Å². The maximum Gasteiger partial charge on any atom is 0.265 e. The molecular weight excluding hydrogens is 458 g/mol. The van der Waals surface area contributed by atoms with Gasteiger partial charge in [0.15, 0.2) is 0 Å². The van der Waals surface area contributed by atoms with E-state index in [1.807, 2.05) is 26.0 Å². The number of benzene rings is 1. The number of nitrogen functional groups attached to an aromatic ring is 1. The van der Waals surface area contributed by atoms with Crippen molar-refractivity contribution in [3.05, 3.63) is 69.3 Å². The van der Waals surface area contributed by atoms with Crippen molar-refractivity contribution in [1.82, 2.24) is 34.9 Å². The molecule has 0 saturated heterocycles. The van der Waals surface area contributed by atoms with Crippen LogP contribution in [0, 0.1) is 13.8 Å². The van der Waals surface area contributed by atoms with Gasteiger partial charge in [-0.05, 0) is 31.4 Å². The van der Waals surface area contributed by atoms with Gasteiger partial charge in [-0.25, -0.2) is 9.97 Å². The van der Waals surface area contributed by atoms with Crippen LogP contribution in [0.5, 0.6) is 0 Å². The first-order chi connectivity index (χ1) is 16.3. The minimum atomic E-state index is -0.421. The molecule has 1 atom stereocenters. The van der Waals surface area contributed by atoms with Crippen molar-refractivity contribution in [2.75, 3.05) is 11.1 Å². The van der Waals surface area contributed by atoms with Crippen LogP contribution in [0.3, 0.4) is 0 Å². The summed E-state index contributed by atoms with van der Waals surface area (Å²) in [5.74, 6) is 1.69. The van der Waals surface area contributed by atoms with E-state index in [1.165, 1.54) is 6.33 Å². The number of hydrogen-bond donors (Lipinski definition) is 3. The molecule has 0 aliphatic carbocycles. The fourth-order valence-electron chi connectivity index (χ4n) is 3.85. The molecule has 0 spiro atoms. The van der Waals surface area contributed by atoms with Gasteiger partial charge in [-0.1, -0.05) is 23.7 Å². The van der Waals surface area contributed by atoms with Crippen molar-refractivity contribution in [3.8, 4) is 17.3 Å². The molecule has 0 aliphatic rings. The van der Waals surface area contributed by atoms with E-state index in [0.29, 0.717) is 44.6 Å². The van der Waals surface area contributed by atoms with Crippen LogP contribution < -0.4 is 16.6 Å². The highest BCUT2D eigenvalue weighted by molar-refractivity contribution is 6.35. The number of aryl methyl sites for hydroxylation is 2. The van der Waals surface area contributed by atoms with Gasteiger partial charge in [0, 0.05) is 12.5 Å². The van der Waals surface area contributed by atoms with Gasteiger partial charge in [0.2, 0.25) is 5.89 Å². The Bertz CT molecular complexity index is 1590. The van der Waals surface area contributed by atoms with Crippen LogP contribution in [0.2, 0.25) is 5.02 Å². The summed E-state index contributed by atoms with van der Waals surface area (Å²) in [6.45, 7) is 5.44. The molecule has 4 aromatic heterocycles. The molecule has 4 N–H and O–H groups in total. The maximum absolute atomic E-state index is 13.6. The average molecular weight is 478 g/mol. The Kier molecular flexibility index (Phi) is 5.25. The number of aromatic amines is 1. The molecule has 0 amide bonds. The van der Waals surface area contributed by atoms with Gasteiger partial charge >= 0.3 is 0 Å². The highest BCUT2D eigenvalue weighted by atomic mass is 35.5. The fourth-order valence-corrected chi connectivity index (χ4v) is 4.11. The lowest BCUT2D eigenvalue weighted by Gasteiger charge is -2.22. The summed E-state index contributed by atoms with van der Waals surface area (Å²) in [7, 11) is 0. The van der Waals surface area contributed by atoms with Gasteiger partial charge in [0.05, 0.1) is 28.3 Å². The van der Waals surface area contributed by atoms with Gasteiger partial charge in [-0.15, -0.1) is 10.2 Å². The molecule has 5 rings (SSSR count). The standard InChI is InChI=1S/C22H20ClN9O2/c1-10-8-27-30-20(10)32-15(7-13-5-4-6-14(23)16(13)22(32)33)11(2)28-19-17(18(24)25-9-26-19)21-31-29-12(3)34-21/h4-9,11H,1-3H3,(H,27,30)(H3,24,25,26,28). The van der Waals surface area contributed by atoms with E-state index >= 15 is 0 Å². The Morgan fingerprint density at radius 3 is 2.76 bits per heavy atom. The summed E-state index contributed by atoms with van der Waals surface area (Å²) in [4.78, 5) is 22.0. The zero-order chi connectivity index (χ0) is 24.0. The first kappa shape index (κ1) is 21.6. The zero-order valence-corrected chi connectivity index (χ0v) is 19.3. The summed E-state index contributed by atoms with van der Waals surface area (Å²) >= 11 is 6.40. The summed E-state index contributed by atoms with van der Waals surface area (Å²) in [6, 6.07) is 6.83. The molecule has 0 fully saturated rings. The number of aromatic nitrogens is 7. The van der Waals surface area contributed by atoms with Crippen LogP contribution >= 0.6 is 11.6 Å². The molecule has 0 aliphatic heterocycles.